The molecule has 0 aliphatic carbocycles. The summed E-state index contributed by atoms with van der Waals surface area (Å²) in [5.74, 6) is 0.397. The maximum atomic E-state index is 12.0. The Bertz CT molecular complexity index is 467. The molecule has 0 spiro atoms. The Kier molecular flexibility index (Phi) is 10.8. The maximum Gasteiger partial charge on any atom is 0.390 e. The fourth-order valence-electron chi connectivity index (χ4n) is 1.74. The highest BCUT2D eigenvalue weighted by molar-refractivity contribution is 14.0. The number of nitrogens with zero attached hydrogens (tertiary/aromatic N) is 1. The number of halogens is 5. The van der Waals surface area contributed by atoms with Gasteiger partial charge in [0.1, 0.15) is 0 Å². The van der Waals surface area contributed by atoms with E-state index in [1.54, 1.807) is 0 Å². The zero-order valence-electron chi connectivity index (χ0n) is 12.2. The zero-order chi connectivity index (χ0) is 15.7. The summed E-state index contributed by atoms with van der Waals surface area (Å²) in [5, 5.41) is 5.65. The predicted molar refractivity (Wildman–Crippen MR) is 97.9 cm³/mol. The molecule has 0 radical (unpaired) electrons. The van der Waals surface area contributed by atoms with E-state index in [9.17, 15) is 13.2 Å². The molecule has 0 aliphatic heterocycles. The molecule has 0 saturated heterocycles. The van der Waals surface area contributed by atoms with Gasteiger partial charge in [-0.05, 0) is 30.5 Å². The molecule has 0 fully saturated rings. The summed E-state index contributed by atoms with van der Waals surface area (Å²) in [6.07, 6.45) is -3.25. The molecule has 1 rings (SSSR count). The normalized spacial score (nSPS) is 11.8. The van der Waals surface area contributed by atoms with Gasteiger partial charge in [0.25, 0.3) is 0 Å². The first-order valence-electron chi connectivity index (χ1n) is 6.66. The van der Waals surface area contributed by atoms with Crippen molar-refractivity contribution < 1.29 is 13.2 Å². The first-order valence-corrected chi connectivity index (χ1v) is 7.46. The number of aliphatic imine (C=N–C) groups is 1. The topological polar surface area (TPSA) is 36.4 Å². The number of benzene rings is 1. The second-order valence-electron chi connectivity index (χ2n) is 4.52. The van der Waals surface area contributed by atoms with Crippen LogP contribution in [-0.2, 0) is 6.42 Å². The minimum atomic E-state index is -4.15. The third kappa shape index (κ3) is 10.3. The Hall–Kier alpha value is -0.510. The van der Waals surface area contributed by atoms with E-state index >= 15 is 0 Å². The van der Waals surface area contributed by atoms with E-state index in [1.165, 1.54) is 12.6 Å². The van der Waals surface area contributed by atoms with Crippen LogP contribution < -0.4 is 10.6 Å². The quantitative estimate of drug-likeness (QED) is 0.271. The highest BCUT2D eigenvalue weighted by Gasteiger charge is 2.26. The molecule has 8 heteroatoms. The Morgan fingerprint density at radius 2 is 1.91 bits per heavy atom. The van der Waals surface area contributed by atoms with Crippen molar-refractivity contribution in [2.24, 2.45) is 4.99 Å². The lowest BCUT2D eigenvalue weighted by Crippen LogP contribution is -2.39. The van der Waals surface area contributed by atoms with Gasteiger partial charge in [0.15, 0.2) is 5.96 Å². The van der Waals surface area contributed by atoms with E-state index < -0.39 is 12.6 Å². The number of nitrogens with one attached hydrogen (secondary N) is 2. The van der Waals surface area contributed by atoms with E-state index in [0.717, 1.165) is 17.3 Å². The number of aryl methyl sites for hydroxylation is 1. The van der Waals surface area contributed by atoms with Gasteiger partial charge in [-0.15, -0.1) is 24.0 Å². The molecule has 0 aliphatic rings. The molecule has 22 heavy (non-hydrogen) atoms. The van der Waals surface area contributed by atoms with Crippen molar-refractivity contribution in [3.63, 3.8) is 0 Å². The first kappa shape index (κ1) is 21.5. The summed E-state index contributed by atoms with van der Waals surface area (Å²) in [4.78, 5) is 3.89. The average molecular weight is 494 g/mol. The number of hydrogen-bond donors (Lipinski definition) is 2. The van der Waals surface area contributed by atoms with Crippen LogP contribution in [0.15, 0.2) is 33.7 Å². The first-order chi connectivity index (χ1) is 9.90. The fraction of sp³-hybridized carbons (Fsp3) is 0.500. The Morgan fingerprint density at radius 1 is 1.23 bits per heavy atom. The van der Waals surface area contributed by atoms with Crippen LogP contribution in [0.5, 0.6) is 0 Å². The van der Waals surface area contributed by atoms with Crippen molar-refractivity contribution in [1.29, 1.82) is 0 Å². The van der Waals surface area contributed by atoms with Gasteiger partial charge in [0.2, 0.25) is 0 Å². The van der Waals surface area contributed by atoms with Crippen molar-refractivity contribution in [3.05, 3.63) is 34.3 Å². The van der Waals surface area contributed by atoms with Crippen molar-refractivity contribution in [1.82, 2.24) is 10.6 Å². The molecule has 0 unspecified atom stereocenters. The molecule has 1 aromatic carbocycles. The van der Waals surface area contributed by atoms with Crippen molar-refractivity contribution in [3.8, 4) is 0 Å². The smallest absolute Gasteiger partial charge is 0.356 e. The molecular formula is C14H20BrF3IN3. The molecule has 0 atom stereocenters. The van der Waals surface area contributed by atoms with E-state index in [4.69, 9.17) is 0 Å². The summed E-state index contributed by atoms with van der Waals surface area (Å²) < 4.78 is 37.1. The summed E-state index contributed by atoms with van der Waals surface area (Å²) in [6, 6.07) is 8.04. The highest BCUT2D eigenvalue weighted by Crippen LogP contribution is 2.18. The SMILES string of the molecule is CN=C(NCCCc1cccc(Br)c1)NCCC(F)(F)F.I. The molecule has 2 N–H and O–H groups in total. The standard InChI is InChI=1S/C14H19BrF3N3.HI/c1-19-13(21-9-7-14(16,17)18)20-8-3-5-11-4-2-6-12(15)10-11;/h2,4,6,10H,3,5,7-9H2,1H3,(H2,19,20,21);1H. The highest BCUT2D eigenvalue weighted by atomic mass is 127. The second kappa shape index (κ2) is 11.1. The number of guanidine groups is 1. The van der Waals surface area contributed by atoms with Gasteiger partial charge in [-0.1, -0.05) is 28.1 Å². The third-order valence-electron chi connectivity index (χ3n) is 2.75. The monoisotopic (exact) mass is 493 g/mol. The largest absolute Gasteiger partial charge is 0.390 e. The summed E-state index contributed by atoms with van der Waals surface area (Å²) in [6.45, 7) is 0.479. The van der Waals surface area contributed by atoms with Crippen molar-refractivity contribution >= 4 is 45.9 Å². The molecular weight excluding hydrogens is 474 g/mol. The summed E-state index contributed by atoms with van der Waals surface area (Å²) >= 11 is 3.41. The lowest BCUT2D eigenvalue weighted by Gasteiger charge is -2.12. The minimum absolute atomic E-state index is 0. The van der Waals surface area contributed by atoms with Gasteiger partial charge in [0, 0.05) is 24.6 Å². The van der Waals surface area contributed by atoms with E-state index in [0.29, 0.717) is 12.5 Å². The van der Waals surface area contributed by atoms with Crippen LogP contribution in [0.1, 0.15) is 18.4 Å². The van der Waals surface area contributed by atoms with Crippen LogP contribution in [0.2, 0.25) is 0 Å². The van der Waals surface area contributed by atoms with Gasteiger partial charge in [-0.25, -0.2) is 0 Å². The maximum absolute atomic E-state index is 12.0. The van der Waals surface area contributed by atoms with Crippen LogP contribution in [0.25, 0.3) is 0 Å². The minimum Gasteiger partial charge on any atom is -0.356 e. The predicted octanol–water partition coefficient (Wildman–Crippen LogP) is 4.12. The molecule has 0 aromatic heterocycles. The van der Waals surface area contributed by atoms with Crippen LogP contribution in [0.4, 0.5) is 13.2 Å². The van der Waals surface area contributed by atoms with Gasteiger partial charge < -0.3 is 10.6 Å². The fourth-order valence-corrected chi connectivity index (χ4v) is 2.18. The third-order valence-corrected chi connectivity index (χ3v) is 3.24. The van der Waals surface area contributed by atoms with Gasteiger partial charge in [0.05, 0.1) is 6.42 Å². The Balaban J connectivity index is 0.00000441. The van der Waals surface area contributed by atoms with Crippen LogP contribution in [-0.4, -0.2) is 32.3 Å². The number of hydrogen-bond acceptors (Lipinski definition) is 1. The second-order valence-corrected chi connectivity index (χ2v) is 5.44. The van der Waals surface area contributed by atoms with Gasteiger partial charge in [-0.3, -0.25) is 4.99 Å². The molecule has 1 aromatic rings. The molecule has 0 heterocycles. The average Bonchev–Trinajstić information content (AvgIpc) is 2.40. The number of rotatable bonds is 6. The van der Waals surface area contributed by atoms with Crippen LogP contribution in [0, 0.1) is 0 Å². The molecule has 0 bridgehead atoms. The van der Waals surface area contributed by atoms with E-state index in [2.05, 4.69) is 37.6 Å². The van der Waals surface area contributed by atoms with Crippen LogP contribution >= 0.6 is 39.9 Å². The summed E-state index contributed by atoms with van der Waals surface area (Å²) in [5.41, 5.74) is 1.21. The Morgan fingerprint density at radius 3 is 2.50 bits per heavy atom. The van der Waals surface area contributed by atoms with Crippen molar-refractivity contribution in [2.75, 3.05) is 20.1 Å². The lowest BCUT2D eigenvalue weighted by atomic mass is 10.1. The van der Waals surface area contributed by atoms with Crippen molar-refractivity contribution in [2.45, 2.75) is 25.4 Å². The Labute approximate surface area is 154 Å². The molecule has 0 amide bonds. The summed E-state index contributed by atoms with van der Waals surface area (Å²) in [7, 11) is 1.54. The number of alkyl halides is 3. The van der Waals surface area contributed by atoms with E-state index in [-0.39, 0.29) is 30.5 Å². The zero-order valence-corrected chi connectivity index (χ0v) is 16.1. The molecule has 3 nitrogen and oxygen atoms in total. The van der Waals surface area contributed by atoms with E-state index in [1.807, 2.05) is 18.2 Å². The van der Waals surface area contributed by atoms with Gasteiger partial charge in [-0.2, -0.15) is 13.2 Å². The molecule has 126 valence electrons. The van der Waals surface area contributed by atoms with Gasteiger partial charge >= 0.3 is 6.18 Å². The lowest BCUT2D eigenvalue weighted by molar-refractivity contribution is -0.132. The van der Waals surface area contributed by atoms with Crippen LogP contribution in [0.3, 0.4) is 0 Å². The molecule has 0 saturated carbocycles.